The van der Waals surface area contributed by atoms with E-state index in [-0.39, 0.29) is 11.6 Å². The molecule has 0 radical (unpaired) electrons. The van der Waals surface area contributed by atoms with Crippen molar-refractivity contribution in [3.05, 3.63) is 75.0 Å². The minimum absolute atomic E-state index is 0.197. The first-order valence-corrected chi connectivity index (χ1v) is 14.6. The van der Waals surface area contributed by atoms with Crippen molar-refractivity contribution < 1.29 is 42.9 Å². The van der Waals surface area contributed by atoms with Gasteiger partial charge in [-0.3, -0.25) is 19.2 Å². The molecule has 2 aliphatic heterocycles. The van der Waals surface area contributed by atoms with Crippen LogP contribution in [-0.2, 0) is 42.9 Å². The topological polar surface area (TPSA) is 141 Å². The summed E-state index contributed by atoms with van der Waals surface area (Å²) < 4.78 is 28.5. The van der Waals surface area contributed by atoms with Crippen molar-refractivity contribution in [3.63, 3.8) is 0 Å². The third-order valence-electron chi connectivity index (χ3n) is 6.62. The molecule has 2 aliphatic rings. The van der Waals surface area contributed by atoms with E-state index in [1.807, 2.05) is 53.9 Å². The van der Waals surface area contributed by atoms with Crippen LogP contribution < -0.4 is 0 Å². The van der Waals surface area contributed by atoms with Crippen LogP contribution in [0.15, 0.2) is 64.5 Å². The van der Waals surface area contributed by atoms with Crippen molar-refractivity contribution in [1.29, 1.82) is 5.26 Å². The summed E-state index contributed by atoms with van der Waals surface area (Å²) in [4.78, 5) is 51.2. The molecule has 0 N–H and O–H groups in total. The van der Waals surface area contributed by atoms with Gasteiger partial charge in [-0.05, 0) is 23.1 Å². The lowest BCUT2D eigenvalue weighted by molar-refractivity contribution is -0.268. The number of nitriles is 1. The predicted molar refractivity (Wildman–Crippen MR) is 157 cm³/mol. The average molecular weight is 627 g/mol. The van der Waals surface area contributed by atoms with Gasteiger partial charge in [-0.25, -0.2) is 0 Å². The van der Waals surface area contributed by atoms with Gasteiger partial charge < -0.3 is 28.6 Å². The number of ether oxygens (including phenoxy) is 5. The molecule has 226 valence electrons. The van der Waals surface area contributed by atoms with Crippen LogP contribution in [0.25, 0.3) is 5.70 Å². The third kappa shape index (κ3) is 7.27. The molecule has 1 aromatic carbocycles. The van der Waals surface area contributed by atoms with Crippen molar-refractivity contribution >= 4 is 53.5 Å². The normalized spacial score (nSPS) is 25.2. The summed E-state index contributed by atoms with van der Waals surface area (Å²) in [6.07, 6.45) is -4.67. The monoisotopic (exact) mass is 626 g/mol. The molecule has 0 amide bonds. The molecule has 43 heavy (non-hydrogen) atoms. The molecule has 0 bridgehead atoms. The van der Waals surface area contributed by atoms with Gasteiger partial charge in [-0.2, -0.15) is 5.26 Å². The maximum absolute atomic E-state index is 12.4. The Kier molecular flexibility index (Phi) is 10.3. The van der Waals surface area contributed by atoms with Crippen LogP contribution in [0, 0.1) is 11.3 Å². The van der Waals surface area contributed by atoms with Crippen LogP contribution in [0.2, 0.25) is 0 Å². The quantitative estimate of drug-likeness (QED) is 0.259. The Morgan fingerprint density at radius 3 is 2.09 bits per heavy atom. The summed E-state index contributed by atoms with van der Waals surface area (Å²) in [5.41, 5.74) is 1.57. The van der Waals surface area contributed by atoms with Gasteiger partial charge in [0, 0.05) is 38.3 Å². The molecular weight excluding hydrogens is 596 g/mol. The van der Waals surface area contributed by atoms with Gasteiger partial charge in [0.1, 0.15) is 12.7 Å². The van der Waals surface area contributed by atoms with E-state index >= 15 is 0 Å². The number of carbonyl (C=O) groups is 4. The zero-order valence-electron chi connectivity index (χ0n) is 23.8. The molecule has 0 aliphatic carbocycles. The number of carbonyl (C=O) groups excluding carboxylic acids is 4. The number of thiol groups is 1. The van der Waals surface area contributed by atoms with Gasteiger partial charge in [0.2, 0.25) is 0 Å². The minimum Gasteiger partial charge on any atom is -0.463 e. The zero-order chi connectivity index (χ0) is 31.3. The lowest BCUT2D eigenvalue weighted by Gasteiger charge is -2.49. The SMILES string of the molecule is CC(=O)OC[C@H]1O[C@@H](N2C(c3ccccc3)=C[C@H](c3cccs3)C(C#N)=C2S)[C@@H](OC(C)=O)[C@@H](OC(C)=O)[C@H]1OC(C)=O. The maximum atomic E-state index is 12.4. The second-order valence-electron chi connectivity index (χ2n) is 9.72. The Bertz CT molecular complexity index is 1470. The highest BCUT2D eigenvalue weighted by Crippen LogP contribution is 2.46. The number of hydrogen-bond acceptors (Lipinski definition) is 13. The molecule has 1 fully saturated rings. The summed E-state index contributed by atoms with van der Waals surface area (Å²) in [6.45, 7) is 4.29. The minimum atomic E-state index is -1.39. The standard InChI is InChI=1S/C30H30N2O9S2/c1-16(33)37-15-24-26(38-17(2)34)27(39-18(3)35)28(40-19(4)36)29(41-24)32-23(20-9-6-5-7-10-20)13-21(22(14-31)30(32)42)25-11-8-12-43-25/h5-13,21,24,26-29,42H,15H2,1-4H3/t21-,24+,26-,27-,28-,29+/m0/s1. The van der Waals surface area contributed by atoms with Gasteiger partial charge >= 0.3 is 23.9 Å². The van der Waals surface area contributed by atoms with Gasteiger partial charge in [-0.15, -0.1) is 24.0 Å². The van der Waals surface area contributed by atoms with Gasteiger partial charge in [-0.1, -0.05) is 36.4 Å². The first-order valence-electron chi connectivity index (χ1n) is 13.2. The van der Waals surface area contributed by atoms with E-state index in [0.29, 0.717) is 11.3 Å². The Labute approximate surface area is 258 Å². The van der Waals surface area contributed by atoms with Crippen LogP contribution in [0.4, 0.5) is 0 Å². The van der Waals surface area contributed by atoms with Crippen LogP contribution in [0.3, 0.4) is 0 Å². The Morgan fingerprint density at radius 2 is 1.53 bits per heavy atom. The summed E-state index contributed by atoms with van der Waals surface area (Å²) >= 11 is 6.29. The van der Waals surface area contributed by atoms with Crippen molar-refractivity contribution in [2.75, 3.05) is 6.61 Å². The first kappa shape index (κ1) is 31.8. The van der Waals surface area contributed by atoms with E-state index < -0.39 is 60.4 Å². The molecule has 3 heterocycles. The second kappa shape index (κ2) is 13.9. The molecule has 2 aromatic rings. The number of thiophene rings is 1. The van der Waals surface area contributed by atoms with Crippen LogP contribution in [0.1, 0.15) is 44.1 Å². The first-order chi connectivity index (χ1) is 20.5. The van der Waals surface area contributed by atoms with Crippen molar-refractivity contribution in [2.24, 2.45) is 0 Å². The van der Waals surface area contributed by atoms with E-state index in [1.165, 1.54) is 25.2 Å². The Hall–Kier alpha value is -4.12. The summed E-state index contributed by atoms with van der Waals surface area (Å²) in [7, 11) is 0. The average Bonchev–Trinajstić information content (AvgIpc) is 3.49. The molecular formula is C30H30N2O9S2. The molecule has 11 nitrogen and oxygen atoms in total. The molecule has 1 saturated heterocycles. The summed E-state index contributed by atoms with van der Waals surface area (Å²) in [5, 5.41) is 12.4. The van der Waals surface area contributed by atoms with Crippen molar-refractivity contribution in [1.82, 2.24) is 4.90 Å². The van der Waals surface area contributed by atoms with Crippen molar-refractivity contribution in [3.8, 4) is 6.07 Å². The highest BCUT2D eigenvalue weighted by atomic mass is 32.1. The molecule has 6 atom stereocenters. The fraction of sp³-hybridized carbons (Fsp3) is 0.367. The second-order valence-corrected chi connectivity index (χ2v) is 11.1. The predicted octanol–water partition coefficient (Wildman–Crippen LogP) is 3.94. The summed E-state index contributed by atoms with van der Waals surface area (Å²) in [5.74, 6) is -3.30. The van der Waals surface area contributed by atoms with E-state index in [0.717, 1.165) is 24.3 Å². The number of benzene rings is 1. The van der Waals surface area contributed by atoms with E-state index in [4.69, 9.17) is 36.3 Å². The Morgan fingerprint density at radius 1 is 0.907 bits per heavy atom. The van der Waals surface area contributed by atoms with E-state index in [9.17, 15) is 24.4 Å². The van der Waals surface area contributed by atoms with Crippen LogP contribution in [-0.4, -0.2) is 66.0 Å². The zero-order valence-corrected chi connectivity index (χ0v) is 25.5. The lowest BCUT2D eigenvalue weighted by atomic mass is 9.90. The Balaban J connectivity index is 1.93. The molecule has 0 spiro atoms. The van der Waals surface area contributed by atoms with E-state index in [2.05, 4.69) is 6.07 Å². The summed E-state index contributed by atoms with van der Waals surface area (Å²) in [6, 6.07) is 15.3. The number of allylic oxidation sites excluding steroid dienone is 2. The fourth-order valence-corrected chi connectivity index (χ4v) is 6.25. The van der Waals surface area contributed by atoms with E-state index in [1.54, 1.807) is 4.90 Å². The highest BCUT2D eigenvalue weighted by molar-refractivity contribution is 7.84. The fourth-order valence-electron chi connectivity index (χ4n) is 5.03. The van der Waals surface area contributed by atoms with Crippen molar-refractivity contribution in [2.45, 2.75) is 64.3 Å². The van der Waals surface area contributed by atoms with Crippen LogP contribution >= 0.6 is 24.0 Å². The molecule has 13 heteroatoms. The smallest absolute Gasteiger partial charge is 0.303 e. The number of nitrogens with zero attached hydrogens (tertiary/aromatic N) is 2. The van der Waals surface area contributed by atoms with Gasteiger partial charge in [0.15, 0.2) is 24.5 Å². The highest BCUT2D eigenvalue weighted by Gasteiger charge is 2.55. The van der Waals surface area contributed by atoms with Gasteiger partial charge in [0.05, 0.1) is 22.6 Å². The molecule has 0 saturated carbocycles. The molecule has 1 aromatic heterocycles. The maximum Gasteiger partial charge on any atom is 0.303 e. The number of esters is 4. The lowest BCUT2D eigenvalue weighted by Crippen LogP contribution is -2.65. The number of hydrogen-bond donors (Lipinski definition) is 1. The largest absolute Gasteiger partial charge is 0.463 e. The molecule has 0 unspecified atom stereocenters. The molecule has 4 rings (SSSR count). The number of rotatable bonds is 8. The van der Waals surface area contributed by atoms with Gasteiger partial charge in [0.25, 0.3) is 0 Å². The van der Waals surface area contributed by atoms with Crippen LogP contribution in [0.5, 0.6) is 0 Å². The third-order valence-corrected chi connectivity index (χ3v) is 8.04.